The van der Waals surface area contributed by atoms with Crippen molar-refractivity contribution in [3.63, 3.8) is 0 Å². The Morgan fingerprint density at radius 1 is 1.27 bits per heavy atom. The van der Waals surface area contributed by atoms with Crippen LogP contribution in [-0.4, -0.2) is 37.0 Å². The molecule has 0 radical (unpaired) electrons. The van der Waals surface area contributed by atoms with Gasteiger partial charge in [0.25, 0.3) is 0 Å². The second-order valence-electron chi connectivity index (χ2n) is 6.21. The lowest BCUT2D eigenvalue weighted by atomic mass is 10.0. The van der Waals surface area contributed by atoms with Gasteiger partial charge in [-0.05, 0) is 49.2 Å². The van der Waals surface area contributed by atoms with Crippen LogP contribution in [-0.2, 0) is 11.3 Å². The third-order valence-corrected chi connectivity index (χ3v) is 4.47. The number of nitrogens with zero attached hydrogens (tertiary/aromatic N) is 1. The molecule has 1 atom stereocenters. The first-order chi connectivity index (χ1) is 12.7. The predicted octanol–water partition coefficient (Wildman–Crippen LogP) is 2.45. The number of benzene rings is 1. The fraction of sp³-hybridized carbons (Fsp3) is 0.368. The quantitative estimate of drug-likeness (QED) is 0.830. The first-order valence-corrected chi connectivity index (χ1v) is 8.64. The van der Waals surface area contributed by atoms with Gasteiger partial charge in [-0.15, -0.1) is 0 Å². The van der Waals surface area contributed by atoms with Crippen LogP contribution in [0.15, 0.2) is 47.1 Å². The third kappa shape index (κ3) is 4.64. The Morgan fingerprint density at radius 3 is 2.77 bits per heavy atom. The van der Waals surface area contributed by atoms with Crippen molar-refractivity contribution in [1.82, 2.24) is 15.5 Å². The maximum absolute atomic E-state index is 12.2. The summed E-state index contributed by atoms with van der Waals surface area (Å²) in [4.78, 5) is 26.1. The number of furan rings is 1. The molecule has 1 saturated heterocycles. The number of urea groups is 1. The van der Waals surface area contributed by atoms with E-state index in [1.165, 1.54) is 6.26 Å². The zero-order valence-electron chi connectivity index (χ0n) is 14.7. The lowest BCUT2D eigenvalue weighted by molar-refractivity contribution is -0.121. The summed E-state index contributed by atoms with van der Waals surface area (Å²) >= 11 is 0. The van der Waals surface area contributed by atoms with Crippen LogP contribution in [0.2, 0.25) is 0 Å². The molecule has 7 nitrogen and oxygen atoms in total. The van der Waals surface area contributed by atoms with E-state index in [-0.39, 0.29) is 25.0 Å². The number of carbonyl (C=O) groups is 2. The highest BCUT2D eigenvalue weighted by Gasteiger charge is 2.27. The molecule has 1 aromatic carbocycles. The van der Waals surface area contributed by atoms with E-state index in [2.05, 4.69) is 15.5 Å². The zero-order valence-corrected chi connectivity index (χ0v) is 14.7. The number of ether oxygens (including phenoxy) is 1. The molecule has 2 N–H and O–H groups in total. The van der Waals surface area contributed by atoms with Crippen LogP contribution >= 0.6 is 0 Å². The van der Waals surface area contributed by atoms with E-state index in [4.69, 9.17) is 9.15 Å². The molecule has 138 valence electrons. The first kappa shape index (κ1) is 18.0. The standard InChI is InChI=1S/C19H23N3O4/c1-25-15-8-6-14(7-9-15)17-5-2-10-22(17)13-18(23)21-19(24)20-12-16-4-3-11-26-16/h3-4,6-9,11,17H,2,5,10,12-13H2,1H3,(H2,20,21,23,24). The lowest BCUT2D eigenvalue weighted by Gasteiger charge is -2.24. The SMILES string of the molecule is COc1ccc(C2CCCN2CC(=O)NC(=O)NCc2ccco2)cc1. The Labute approximate surface area is 152 Å². The molecular weight excluding hydrogens is 334 g/mol. The van der Waals surface area contributed by atoms with Crippen molar-refractivity contribution in [3.8, 4) is 5.75 Å². The van der Waals surface area contributed by atoms with Gasteiger partial charge in [-0.1, -0.05) is 12.1 Å². The van der Waals surface area contributed by atoms with Crippen molar-refractivity contribution >= 4 is 11.9 Å². The molecule has 0 bridgehead atoms. The monoisotopic (exact) mass is 357 g/mol. The van der Waals surface area contributed by atoms with Crippen molar-refractivity contribution < 1.29 is 18.7 Å². The third-order valence-electron chi connectivity index (χ3n) is 4.47. The molecule has 3 amide bonds. The van der Waals surface area contributed by atoms with Gasteiger partial charge in [0.05, 0.1) is 26.5 Å². The van der Waals surface area contributed by atoms with E-state index >= 15 is 0 Å². The molecule has 3 rings (SSSR count). The molecule has 1 aliphatic rings. The maximum Gasteiger partial charge on any atom is 0.321 e. The first-order valence-electron chi connectivity index (χ1n) is 8.64. The van der Waals surface area contributed by atoms with E-state index in [0.717, 1.165) is 30.7 Å². The van der Waals surface area contributed by atoms with Crippen LogP contribution in [0, 0.1) is 0 Å². The predicted molar refractivity (Wildman–Crippen MR) is 95.6 cm³/mol. The van der Waals surface area contributed by atoms with Crippen LogP contribution < -0.4 is 15.4 Å². The normalized spacial score (nSPS) is 17.0. The van der Waals surface area contributed by atoms with Gasteiger partial charge in [0.1, 0.15) is 11.5 Å². The summed E-state index contributed by atoms with van der Waals surface area (Å²) in [6.07, 6.45) is 3.55. The Bertz CT molecular complexity index is 728. The number of amides is 3. The summed E-state index contributed by atoms with van der Waals surface area (Å²) in [5, 5.41) is 4.97. The summed E-state index contributed by atoms with van der Waals surface area (Å²) in [5.41, 5.74) is 1.15. The average Bonchev–Trinajstić information content (AvgIpc) is 3.32. The molecule has 1 fully saturated rings. The molecule has 1 unspecified atom stereocenters. The molecule has 2 aromatic rings. The van der Waals surface area contributed by atoms with Gasteiger partial charge < -0.3 is 14.5 Å². The van der Waals surface area contributed by atoms with Crippen molar-refractivity contribution in [2.24, 2.45) is 0 Å². The number of imide groups is 1. The van der Waals surface area contributed by atoms with Crippen LogP contribution in [0.5, 0.6) is 5.75 Å². The molecule has 1 aliphatic heterocycles. The van der Waals surface area contributed by atoms with Gasteiger partial charge in [0.2, 0.25) is 5.91 Å². The molecule has 0 spiro atoms. The number of hydrogen-bond donors (Lipinski definition) is 2. The minimum atomic E-state index is -0.522. The Morgan fingerprint density at radius 2 is 2.08 bits per heavy atom. The average molecular weight is 357 g/mol. The fourth-order valence-corrected chi connectivity index (χ4v) is 3.19. The second kappa shape index (κ2) is 8.53. The van der Waals surface area contributed by atoms with Crippen LogP contribution in [0.3, 0.4) is 0 Å². The van der Waals surface area contributed by atoms with Gasteiger partial charge in [-0.2, -0.15) is 0 Å². The second-order valence-corrected chi connectivity index (χ2v) is 6.21. The highest BCUT2D eigenvalue weighted by molar-refractivity contribution is 5.95. The summed E-state index contributed by atoms with van der Waals surface area (Å²) in [5.74, 6) is 1.12. The van der Waals surface area contributed by atoms with E-state index < -0.39 is 6.03 Å². The molecule has 0 saturated carbocycles. The highest BCUT2D eigenvalue weighted by Crippen LogP contribution is 2.32. The summed E-state index contributed by atoms with van der Waals surface area (Å²) in [7, 11) is 1.64. The van der Waals surface area contributed by atoms with E-state index in [1.807, 2.05) is 24.3 Å². The number of hydrogen-bond acceptors (Lipinski definition) is 5. The fourth-order valence-electron chi connectivity index (χ4n) is 3.19. The molecule has 2 heterocycles. The Hall–Kier alpha value is -2.80. The zero-order chi connectivity index (χ0) is 18.4. The molecule has 7 heteroatoms. The highest BCUT2D eigenvalue weighted by atomic mass is 16.5. The lowest BCUT2D eigenvalue weighted by Crippen LogP contribution is -2.44. The number of likely N-dealkylation sites (tertiary alicyclic amines) is 1. The van der Waals surface area contributed by atoms with Crippen molar-refractivity contribution in [2.45, 2.75) is 25.4 Å². The summed E-state index contributed by atoms with van der Waals surface area (Å²) < 4.78 is 10.3. The topological polar surface area (TPSA) is 83.8 Å². The number of rotatable bonds is 6. The molecular formula is C19H23N3O4. The van der Waals surface area contributed by atoms with Gasteiger partial charge >= 0.3 is 6.03 Å². The maximum atomic E-state index is 12.2. The minimum Gasteiger partial charge on any atom is -0.497 e. The molecule has 26 heavy (non-hydrogen) atoms. The number of methoxy groups -OCH3 is 1. The van der Waals surface area contributed by atoms with Gasteiger partial charge in [0, 0.05) is 6.04 Å². The van der Waals surface area contributed by atoms with Crippen LogP contribution in [0.1, 0.15) is 30.2 Å². The summed E-state index contributed by atoms with van der Waals surface area (Å²) in [6.45, 7) is 1.26. The van der Waals surface area contributed by atoms with Crippen molar-refractivity contribution in [1.29, 1.82) is 0 Å². The largest absolute Gasteiger partial charge is 0.497 e. The Kier molecular flexibility index (Phi) is 5.91. The Balaban J connectivity index is 1.49. The smallest absolute Gasteiger partial charge is 0.321 e. The van der Waals surface area contributed by atoms with E-state index in [9.17, 15) is 9.59 Å². The van der Waals surface area contributed by atoms with Crippen molar-refractivity contribution in [2.75, 3.05) is 20.2 Å². The number of carbonyl (C=O) groups excluding carboxylic acids is 2. The van der Waals surface area contributed by atoms with E-state index in [0.29, 0.717) is 5.76 Å². The van der Waals surface area contributed by atoms with Gasteiger partial charge in [0.15, 0.2) is 0 Å². The van der Waals surface area contributed by atoms with Crippen LogP contribution in [0.4, 0.5) is 4.79 Å². The van der Waals surface area contributed by atoms with Crippen molar-refractivity contribution in [3.05, 3.63) is 54.0 Å². The van der Waals surface area contributed by atoms with E-state index in [1.54, 1.807) is 19.2 Å². The van der Waals surface area contributed by atoms with Gasteiger partial charge in [-0.3, -0.25) is 15.0 Å². The van der Waals surface area contributed by atoms with Gasteiger partial charge in [-0.25, -0.2) is 4.79 Å². The minimum absolute atomic E-state index is 0.179. The number of nitrogens with one attached hydrogen (secondary N) is 2. The molecule has 1 aromatic heterocycles. The summed E-state index contributed by atoms with van der Waals surface area (Å²) in [6, 6.07) is 11.1. The van der Waals surface area contributed by atoms with Crippen LogP contribution in [0.25, 0.3) is 0 Å². The molecule has 0 aliphatic carbocycles.